The molecule has 0 atom stereocenters. The number of unbranched alkanes of at least 4 members (excludes halogenated alkanes) is 20. The van der Waals surface area contributed by atoms with Crippen molar-refractivity contribution in [2.45, 2.75) is 175 Å². The molecule has 0 aromatic carbocycles. The van der Waals surface area contributed by atoms with Crippen LogP contribution >= 0.6 is 0 Å². The van der Waals surface area contributed by atoms with Gasteiger partial charge in [0.25, 0.3) is 0 Å². The van der Waals surface area contributed by atoms with Crippen molar-refractivity contribution in [2.75, 3.05) is 0 Å². The molecule has 0 aliphatic carbocycles. The van der Waals surface area contributed by atoms with Crippen LogP contribution in [0.3, 0.4) is 0 Å². The fraction of sp³-hybridized carbons (Fsp3) is 0.824. The smallest absolute Gasteiger partial charge is 0.316 e. The maximum atomic E-state index is 12.4. The van der Waals surface area contributed by atoms with E-state index in [0.29, 0.717) is 0 Å². The first-order valence-corrected chi connectivity index (χ1v) is 16.1. The van der Waals surface area contributed by atoms with Gasteiger partial charge in [0, 0.05) is 0 Å². The van der Waals surface area contributed by atoms with Gasteiger partial charge < -0.3 is 9.47 Å². The van der Waals surface area contributed by atoms with Crippen LogP contribution in [0.15, 0.2) is 24.7 Å². The maximum Gasteiger partial charge on any atom is 0.316 e. The highest BCUT2D eigenvalue weighted by Gasteiger charge is 2.32. The molecule has 0 N–H and O–H groups in total. The first-order chi connectivity index (χ1) is 18.4. The van der Waals surface area contributed by atoms with Gasteiger partial charge in [-0.05, 0) is 51.7 Å². The summed E-state index contributed by atoms with van der Waals surface area (Å²) in [5.41, 5.74) is -0.914. The second-order valence-electron chi connectivity index (χ2n) is 11.6. The second kappa shape index (κ2) is 27.0. The molecule has 0 bridgehead atoms. The van der Waals surface area contributed by atoms with E-state index in [1.807, 2.05) is 12.2 Å². The topological polar surface area (TPSA) is 52.6 Å². The Morgan fingerprint density at radius 3 is 1.26 bits per heavy atom. The highest BCUT2D eigenvalue weighted by Crippen LogP contribution is 2.23. The Morgan fingerprint density at radius 2 is 0.868 bits per heavy atom. The predicted molar refractivity (Wildman–Crippen MR) is 162 cm³/mol. The van der Waals surface area contributed by atoms with Crippen LogP contribution in [0.5, 0.6) is 0 Å². The minimum absolute atomic E-state index is 0.000708. The number of ether oxygens (including phenoxy) is 2. The Kier molecular flexibility index (Phi) is 25.9. The van der Waals surface area contributed by atoms with Gasteiger partial charge in [-0.1, -0.05) is 129 Å². The lowest BCUT2D eigenvalue weighted by molar-refractivity contribution is -0.154. The fourth-order valence-electron chi connectivity index (χ4n) is 4.50. The van der Waals surface area contributed by atoms with E-state index in [-0.39, 0.29) is 6.42 Å². The van der Waals surface area contributed by atoms with Crippen molar-refractivity contribution in [1.29, 1.82) is 0 Å². The molecule has 0 fully saturated rings. The standard InChI is InChI=1S/C34H62O4/c1-5-7-9-11-13-15-17-19-21-23-25-27-29-37-32(35)31-34(3,4)33(36)38-30-28-26-24-22-20-18-16-14-12-10-8-6-2/h27-30H,5-26,31H2,1-4H3/b29-27+,30-28+. The normalized spacial score (nSPS) is 12.0. The van der Waals surface area contributed by atoms with E-state index < -0.39 is 17.4 Å². The minimum atomic E-state index is -0.914. The minimum Gasteiger partial charge on any atom is -0.435 e. The lowest BCUT2D eigenvalue weighted by Crippen LogP contribution is -2.28. The molecule has 0 saturated heterocycles. The van der Waals surface area contributed by atoms with Crippen molar-refractivity contribution < 1.29 is 19.1 Å². The highest BCUT2D eigenvalue weighted by atomic mass is 16.5. The second-order valence-corrected chi connectivity index (χ2v) is 11.6. The van der Waals surface area contributed by atoms with Gasteiger partial charge in [-0.25, -0.2) is 0 Å². The Hall–Kier alpha value is -1.58. The average Bonchev–Trinajstić information content (AvgIpc) is 2.89. The first kappa shape index (κ1) is 36.4. The third kappa shape index (κ3) is 24.7. The van der Waals surface area contributed by atoms with E-state index in [9.17, 15) is 9.59 Å². The largest absolute Gasteiger partial charge is 0.435 e. The zero-order valence-electron chi connectivity index (χ0n) is 25.7. The van der Waals surface area contributed by atoms with E-state index in [2.05, 4.69) is 13.8 Å². The molecule has 4 heteroatoms. The van der Waals surface area contributed by atoms with Crippen molar-refractivity contribution in [3.63, 3.8) is 0 Å². The van der Waals surface area contributed by atoms with Crippen LogP contribution in [-0.4, -0.2) is 11.9 Å². The van der Waals surface area contributed by atoms with E-state index in [0.717, 1.165) is 25.7 Å². The third-order valence-electron chi connectivity index (χ3n) is 7.15. The van der Waals surface area contributed by atoms with Gasteiger partial charge in [0.15, 0.2) is 0 Å². The van der Waals surface area contributed by atoms with Gasteiger partial charge in [-0.2, -0.15) is 0 Å². The van der Waals surface area contributed by atoms with Crippen LogP contribution in [0.25, 0.3) is 0 Å². The fourth-order valence-corrected chi connectivity index (χ4v) is 4.50. The van der Waals surface area contributed by atoms with Crippen LogP contribution in [0, 0.1) is 5.41 Å². The molecule has 4 nitrogen and oxygen atoms in total. The molecule has 222 valence electrons. The third-order valence-corrected chi connectivity index (χ3v) is 7.15. The van der Waals surface area contributed by atoms with Crippen LogP contribution in [0.1, 0.15) is 175 Å². The quantitative estimate of drug-likeness (QED) is 0.0597. The van der Waals surface area contributed by atoms with Gasteiger partial charge in [0.2, 0.25) is 0 Å². The molecule has 0 saturated carbocycles. The number of carbonyl (C=O) groups is 2. The number of rotatable bonds is 27. The molecule has 0 heterocycles. The molecule has 0 spiro atoms. The lowest BCUT2D eigenvalue weighted by Gasteiger charge is -2.19. The summed E-state index contributed by atoms with van der Waals surface area (Å²) in [6.45, 7) is 7.96. The van der Waals surface area contributed by atoms with Crippen molar-refractivity contribution >= 4 is 11.9 Å². The Bertz CT molecular complexity index is 606. The van der Waals surface area contributed by atoms with Crippen LogP contribution < -0.4 is 0 Å². The van der Waals surface area contributed by atoms with Crippen molar-refractivity contribution in [3.05, 3.63) is 24.7 Å². The van der Waals surface area contributed by atoms with E-state index in [1.54, 1.807) is 13.8 Å². The molecule has 0 aromatic heterocycles. The summed E-state index contributed by atoms with van der Waals surface area (Å²) < 4.78 is 10.5. The summed E-state index contributed by atoms with van der Waals surface area (Å²) in [5.74, 6) is -0.802. The molecule has 0 unspecified atom stereocenters. The predicted octanol–water partition coefficient (Wildman–Crippen LogP) is 11.1. The summed E-state index contributed by atoms with van der Waals surface area (Å²) in [5, 5.41) is 0. The molecule has 0 aliphatic rings. The van der Waals surface area contributed by atoms with Crippen molar-refractivity contribution in [2.24, 2.45) is 5.41 Å². The lowest BCUT2D eigenvalue weighted by atomic mass is 9.90. The maximum absolute atomic E-state index is 12.4. The van der Waals surface area contributed by atoms with Crippen molar-refractivity contribution in [1.82, 2.24) is 0 Å². The van der Waals surface area contributed by atoms with Crippen LogP contribution in [-0.2, 0) is 19.1 Å². The SMILES string of the molecule is CCCCCCCCCCCC/C=C/OC(=O)CC(C)(C)C(=O)O/C=C/CCCCCCCCCCCC. The Labute approximate surface area is 236 Å². The number of esters is 2. The summed E-state index contributed by atoms with van der Waals surface area (Å²) in [6.07, 6.45) is 34.8. The monoisotopic (exact) mass is 534 g/mol. The van der Waals surface area contributed by atoms with Gasteiger partial charge in [-0.3, -0.25) is 9.59 Å². The Balaban J connectivity index is 3.74. The van der Waals surface area contributed by atoms with E-state index in [4.69, 9.17) is 9.47 Å². The molecule has 0 radical (unpaired) electrons. The summed E-state index contributed by atoms with van der Waals surface area (Å²) >= 11 is 0. The number of allylic oxidation sites excluding steroid dienone is 2. The van der Waals surface area contributed by atoms with Gasteiger partial charge in [0.05, 0.1) is 24.4 Å². The first-order valence-electron chi connectivity index (χ1n) is 16.1. The van der Waals surface area contributed by atoms with Crippen LogP contribution in [0.2, 0.25) is 0 Å². The summed E-state index contributed by atoms with van der Waals surface area (Å²) in [7, 11) is 0. The molecule has 0 rings (SSSR count). The molecular weight excluding hydrogens is 472 g/mol. The van der Waals surface area contributed by atoms with Gasteiger partial charge in [0.1, 0.15) is 0 Å². The van der Waals surface area contributed by atoms with Gasteiger partial charge in [-0.15, -0.1) is 0 Å². The zero-order valence-corrected chi connectivity index (χ0v) is 25.7. The summed E-state index contributed by atoms with van der Waals surface area (Å²) in [4.78, 5) is 24.5. The molecule has 0 amide bonds. The van der Waals surface area contributed by atoms with E-state index >= 15 is 0 Å². The highest BCUT2D eigenvalue weighted by molar-refractivity contribution is 5.83. The molecule has 38 heavy (non-hydrogen) atoms. The molecule has 0 aromatic rings. The number of hydrogen-bond acceptors (Lipinski definition) is 4. The van der Waals surface area contributed by atoms with Gasteiger partial charge >= 0.3 is 11.9 Å². The zero-order chi connectivity index (χ0) is 28.2. The van der Waals surface area contributed by atoms with E-state index in [1.165, 1.54) is 128 Å². The Morgan fingerprint density at radius 1 is 0.526 bits per heavy atom. The number of hydrogen-bond donors (Lipinski definition) is 0. The van der Waals surface area contributed by atoms with Crippen molar-refractivity contribution in [3.8, 4) is 0 Å². The molecular formula is C34H62O4. The number of carbonyl (C=O) groups excluding carboxylic acids is 2. The van der Waals surface area contributed by atoms with Crippen LogP contribution in [0.4, 0.5) is 0 Å². The summed E-state index contributed by atoms with van der Waals surface area (Å²) in [6, 6.07) is 0. The average molecular weight is 535 g/mol. The molecule has 0 aliphatic heterocycles.